The molecule has 0 aromatic heterocycles. The van der Waals surface area contributed by atoms with Gasteiger partial charge < -0.3 is 15.5 Å². The lowest BCUT2D eigenvalue weighted by Crippen LogP contribution is -2.37. The zero-order chi connectivity index (χ0) is 13.1. The van der Waals surface area contributed by atoms with Crippen molar-refractivity contribution >= 4 is 21.7 Å². The van der Waals surface area contributed by atoms with Crippen molar-refractivity contribution < 1.29 is 28.2 Å². The van der Waals surface area contributed by atoms with Crippen molar-refractivity contribution in [1.82, 2.24) is 5.32 Å². The number of sulfone groups is 1. The highest BCUT2D eigenvalue weighted by Gasteiger charge is 2.29. The van der Waals surface area contributed by atoms with Gasteiger partial charge in [-0.3, -0.25) is 4.79 Å². The average molecular weight is 265 g/mol. The van der Waals surface area contributed by atoms with Gasteiger partial charge in [0.2, 0.25) is 5.91 Å². The number of hydrogen-bond acceptors (Lipinski definition) is 5. The van der Waals surface area contributed by atoms with E-state index in [-0.39, 0.29) is 30.4 Å². The van der Waals surface area contributed by atoms with Crippen LogP contribution in [0.4, 0.5) is 0 Å². The quantitative estimate of drug-likeness (QED) is 0.549. The van der Waals surface area contributed by atoms with Crippen molar-refractivity contribution in [3.63, 3.8) is 0 Å². The highest BCUT2D eigenvalue weighted by atomic mass is 32.2. The topological polar surface area (TPSA) is 121 Å². The highest BCUT2D eigenvalue weighted by Crippen LogP contribution is 2.21. The van der Waals surface area contributed by atoms with Gasteiger partial charge in [-0.1, -0.05) is 0 Å². The number of hydrogen-bond donors (Lipinski definition) is 3. The second-order valence-electron chi connectivity index (χ2n) is 4.13. The van der Waals surface area contributed by atoms with E-state index < -0.39 is 27.8 Å². The van der Waals surface area contributed by atoms with E-state index in [1.54, 1.807) is 0 Å². The molecule has 8 heteroatoms. The number of carboxylic acid groups (broad SMARTS) is 1. The first-order chi connectivity index (χ1) is 7.80. The number of rotatable bonds is 5. The van der Waals surface area contributed by atoms with Gasteiger partial charge in [0.05, 0.1) is 18.1 Å². The summed E-state index contributed by atoms with van der Waals surface area (Å²) in [4.78, 5) is 21.6. The van der Waals surface area contributed by atoms with Crippen LogP contribution in [0.15, 0.2) is 0 Å². The van der Waals surface area contributed by atoms with Crippen LogP contribution < -0.4 is 5.32 Å². The molecule has 1 rings (SSSR count). The molecule has 98 valence electrons. The molecule has 0 radical (unpaired) electrons. The second kappa shape index (κ2) is 5.46. The van der Waals surface area contributed by atoms with E-state index in [1.165, 1.54) is 0 Å². The van der Waals surface area contributed by atoms with Crippen LogP contribution in [0.5, 0.6) is 0 Å². The Bertz CT molecular complexity index is 404. The normalized spacial score (nSPS) is 24.2. The molecule has 0 aliphatic carbocycles. The molecular weight excluding hydrogens is 250 g/mol. The van der Waals surface area contributed by atoms with Crippen molar-refractivity contribution in [3.8, 4) is 0 Å². The molecule has 3 N–H and O–H groups in total. The van der Waals surface area contributed by atoms with Gasteiger partial charge in [0.25, 0.3) is 0 Å². The molecule has 1 aliphatic heterocycles. The summed E-state index contributed by atoms with van der Waals surface area (Å²) in [6, 6.07) is 0. The van der Waals surface area contributed by atoms with E-state index in [0.717, 1.165) is 0 Å². The average Bonchev–Trinajstić information content (AvgIpc) is 2.54. The molecule has 1 amide bonds. The van der Waals surface area contributed by atoms with Gasteiger partial charge in [0.1, 0.15) is 0 Å². The predicted molar refractivity (Wildman–Crippen MR) is 58.0 cm³/mol. The van der Waals surface area contributed by atoms with Gasteiger partial charge in [0.15, 0.2) is 15.9 Å². The molecule has 17 heavy (non-hydrogen) atoms. The molecule has 0 aromatic carbocycles. The number of aliphatic hydroxyl groups is 1. The third kappa shape index (κ3) is 4.70. The second-order valence-corrected chi connectivity index (χ2v) is 6.36. The van der Waals surface area contributed by atoms with Crippen LogP contribution >= 0.6 is 0 Å². The van der Waals surface area contributed by atoms with E-state index >= 15 is 0 Å². The molecule has 7 nitrogen and oxygen atoms in total. The van der Waals surface area contributed by atoms with Crippen molar-refractivity contribution in [2.45, 2.75) is 18.9 Å². The Morgan fingerprint density at radius 2 is 2.06 bits per heavy atom. The smallest absolute Gasteiger partial charge is 0.334 e. The van der Waals surface area contributed by atoms with Crippen LogP contribution in [-0.2, 0) is 19.4 Å². The Kier molecular flexibility index (Phi) is 4.47. The molecule has 1 saturated heterocycles. The molecule has 2 atom stereocenters. The van der Waals surface area contributed by atoms with E-state index in [1.807, 2.05) is 0 Å². The summed E-state index contributed by atoms with van der Waals surface area (Å²) in [6.07, 6.45) is -1.13. The van der Waals surface area contributed by atoms with E-state index in [4.69, 9.17) is 10.2 Å². The number of carbonyl (C=O) groups is 2. The van der Waals surface area contributed by atoms with Gasteiger partial charge in [-0.15, -0.1) is 0 Å². The van der Waals surface area contributed by atoms with Crippen LogP contribution in [-0.4, -0.2) is 54.7 Å². The molecule has 0 spiro atoms. The van der Waals surface area contributed by atoms with Crippen LogP contribution in [0.1, 0.15) is 12.8 Å². The first-order valence-corrected chi connectivity index (χ1v) is 7.00. The van der Waals surface area contributed by atoms with Crippen LogP contribution in [0, 0.1) is 5.92 Å². The molecule has 1 aliphatic rings. The van der Waals surface area contributed by atoms with Gasteiger partial charge in [-0.05, 0) is 12.3 Å². The summed E-state index contributed by atoms with van der Waals surface area (Å²) in [5.74, 6) is -1.95. The number of amides is 1. The summed E-state index contributed by atoms with van der Waals surface area (Å²) < 4.78 is 22.3. The molecule has 1 unspecified atom stereocenters. The molecule has 1 fully saturated rings. The van der Waals surface area contributed by atoms with Gasteiger partial charge >= 0.3 is 5.97 Å². The summed E-state index contributed by atoms with van der Waals surface area (Å²) >= 11 is 0. The van der Waals surface area contributed by atoms with Crippen molar-refractivity contribution in [2.24, 2.45) is 5.92 Å². The maximum Gasteiger partial charge on any atom is 0.334 e. The first kappa shape index (κ1) is 13.9. The fraction of sp³-hybridized carbons (Fsp3) is 0.778. The van der Waals surface area contributed by atoms with Crippen molar-refractivity contribution in [1.29, 1.82) is 0 Å². The minimum atomic E-state index is -3.01. The Labute approximate surface area is 98.7 Å². The van der Waals surface area contributed by atoms with E-state index in [0.29, 0.717) is 6.42 Å². The third-order valence-electron chi connectivity index (χ3n) is 2.58. The Morgan fingerprint density at radius 3 is 2.53 bits per heavy atom. The largest absolute Gasteiger partial charge is 0.479 e. The Morgan fingerprint density at radius 1 is 1.41 bits per heavy atom. The minimum Gasteiger partial charge on any atom is -0.479 e. The number of carboxylic acids is 1. The van der Waals surface area contributed by atoms with Crippen LogP contribution in [0.2, 0.25) is 0 Å². The highest BCUT2D eigenvalue weighted by molar-refractivity contribution is 7.91. The summed E-state index contributed by atoms with van der Waals surface area (Å²) in [5.41, 5.74) is 0. The monoisotopic (exact) mass is 265 g/mol. The molecule has 0 saturated carbocycles. The maximum absolute atomic E-state index is 11.3. The SMILES string of the molecule is O=C(CC1CCS(=O)(=O)C1)NC[C@H](O)C(=O)O. The number of aliphatic hydroxyl groups excluding tert-OH is 1. The fourth-order valence-corrected chi connectivity index (χ4v) is 3.53. The Hall–Kier alpha value is -1.15. The number of aliphatic carboxylic acids is 1. The van der Waals surface area contributed by atoms with Gasteiger partial charge in [-0.25, -0.2) is 13.2 Å². The lowest BCUT2D eigenvalue weighted by Gasteiger charge is -2.10. The van der Waals surface area contributed by atoms with Crippen molar-refractivity contribution in [2.75, 3.05) is 18.1 Å². The molecule has 0 aromatic rings. The zero-order valence-electron chi connectivity index (χ0n) is 9.13. The summed E-state index contributed by atoms with van der Waals surface area (Å²) in [5, 5.41) is 19.5. The number of carbonyl (C=O) groups excluding carboxylic acids is 1. The Balaban J connectivity index is 2.29. The summed E-state index contributed by atoms with van der Waals surface area (Å²) in [6.45, 7) is -0.367. The third-order valence-corrected chi connectivity index (χ3v) is 4.42. The van der Waals surface area contributed by atoms with Gasteiger partial charge in [-0.2, -0.15) is 0 Å². The number of nitrogens with one attached hydrogen (secondary N) is 1. The molecule has 0 bridgehead atoms. The van der Waals surface area contributed by atoms with Crippen LogP contribution in [0.3, 0.4) is 0 Å². The summed E-state index contributed by atoms with van der Waals surface area (Å²) in [7, 11) is -3.01. The minimum absolute atomic E-state index is 0.00189. The molecule has 1 heterocycles. The van der Waals surface area contributed by atoms with Gasteiger partial charge in [0, 0.05) is 6.42 Å². The first-order valence-electron chi connectivity index (χ1n) is 5.18. The zero-order valence-corrected chi connectivity index (χ0v) is 9.94. The standard InChI is InChI=1S/C9H15NO6S/c11-7(9(13)14)4-10-8(12)3-6-1-2-17(15,16)5-6/h6-7,11H,1-5H2,(H,10,12)(H,13,14)/t6?,7-/m0/s1. The molecular formula is C9H15NO6S. The lowest BCUT2D eigenvalue weighted by atomic mass is 10.1. The van der Waals surface area contributed by atoms with Crippen LogP contribution in [0.25, 0.3) is 0 Å². The fourth-order valence-electron chi connectivity index (χ4n) is 1.67. The predicted octanol–water partition coefficient (Wildman–Crippen LogP) is -1.63. The lowest BCUT2D eigenvalue weighted by molar-refractivity contribution is -0.146. The van der Waals surface area contributed by atoms with Crippen molar-refractivity contribution in [3.05, 3.63) is 0 Å². The van der Waals surface area contributed by atoms with E-state index in [2.05, 4.69) is 5.32 Å². The van der Waals surface area contributed by atoms with E-state index in [9.17, 15) is 18.0 Å². The maximum atomic E-state index is 11.3.